The Hall–Kier alpha value is -1.16. The molecule has 18 heavy (non-hydrogen) atoms. The number of carbonyl (C=O) groups excluding carboxylic acids is 1. The van der Waals surface area contributed by atoms with Crippen molar-refractivity contribution in [2.75, 3.05) is 12.4 Å². The van der Waals surface area contributed by atoms with Crippen LogP contribution in [0.3, 0.4) is 0 Å². The average molecular weight is 274 g/mol. The van der Waals surface area contributed by atoms with Crippen molar-refractivity contribution in [3.63, 3.8) is 0 Å². The quantitative estimate of drug-likeness (QED) is 0.758. The molecule has 0 aromatic heterocycles. The van der Waals surface area contributed by atoms with Crippen molar-refractivity contribution >= 4 is 17.5 Å². The second kappa shape index (κ2) is 5.65. The van der Waals surface area contributed by atoms with E-state index in [1.54, 1.807) is 4.90 Å². The first-order valence-corrected chi connectivity index (χ1v) is 6.49. The van der Waals surface area contributed by atoms with Crippen molar-refractivity contribution in [3.8, 4) is 0 Å². The molecule has 1 atom stereocenters. The van der Waals surface area contributed by atoms with E-state index in [0.717, 1.165) is 31.4 Å². The lowest BCUT2D eigenvalue weighted by Crippen LogP contribution is -2.44. The van der Waals surface area contributed by atoms with Gasteiger partial charge in [-0.3, -0.25) is 4.79 Å². The first-order valence-electron chi connectivity index (χ1n) is 5.95. The van der Waals surface area contributed by atoms with Gasteiger partial charge in [-0.15, -0.1) is 11.6 Å². The number of benzene rings is 1. The standard InChI is InChI=1S/C13H14ClF2NO/c14-8-10-3-1-2-6-17(10)13(18)9-4-5-11(15)12(16)7-9/h4-5,7,10H,1-3,6,8H2. The minimum absolute atomic E-state index is 0.0129. The summed E-state index contributed by atoms with van der Waals surface area (Å²) in [5.41, 5.74) is 0.172. The molecule has 0 bridgehead atoms. The second-order valence-corrected chi connectivity index (χ2v) is 4.74. The average Bonchev–Trinajstić information content (AvgIpc) is 2.41. The number of nitrogens with zero attached hydrogens (tertiary/aromatic N) is 1. The first kappa shape index (κ1) is 13.3. The maximum absolute atomic E-state index is 13.1. The summed E-state index contributed by atoms with van der Waals surface area (Å²) >= 11 is 5.84. The van der Waals surface area contributed by atoms with E-state index >= 15 is 0 Å². The van der Waals surface area contributed by atoms with Crippen LogP contribution in [0.1, 0.15) is 29.6 Å². The third-order valence-electron chi connectivity index (χ3n) is 3.23. The molecule has 0 radical (unpaired) electrons. The monoisotopic (exact) mass is 273 g/mol. The van der Waals surface area contributed by atoms with E-state index in [4.69, 9.17) is 11.6 Å². The molecule has 98 valence electrons. The van der Waals surface area contributed by atoms with Gasteiger partial charge in [0.2, 0.25) is 0 Å². The van der Waals surface area contributed by atoms with Gasteiger partial charge in [0.15, 0.2) is 11.6 Å². The number of piperidine rings is 1. The number of rotatable bonds is 2. The van der Waals surface area contributed by atoms with E-state index in [0.29, 0.717) is 12.4 Å². The topological polar surface area (TPSA) is 20.3 Å². The number of alkyl halides is 1. The van der Waals surface area contributed by atoms with Crippen molar-refractivity contribution in [2.45, 2.75) is 25.3 Å². The first-order chi connectivity index (χ1) is 8.63. The summed E-state index contributed by atoms with van der Waals surface area (Å²) < 4.78 is 25.9. The van der Waals surface area contributed by atoms with Crippen LogP contribution in [0.25, 0.3) is 0 Å². The molecule has 5 heteroatoms. The highest BCUT2D eigenvalue weighted by Gasteiger charge is 2.27. The molecule has 1 aromatic rings. The van der Waals surface area contributed by atoms with Crippen molar-refractivity contribution in [1.82, 2.24) is 4.90 Å². The van der Waals surface area contributed by atoms with Gasteiger partial charge in [0.25, 0.3) is 5.91 Å². The van der Waals surface area contributed by atoms with Crippen LogP contribution < -0.4 is 0 Å². The second-order valence-electron chi connectivity index (χ2n) is 4.43. The number of halogens is 3. The summed E-state index contributed by atoms with van der Waals surface area (Å²) in [5, 5.41) is 0. The van der Waals surface area contributed by atoms with Crippen molar-refractivity contribution in [3.05, 3.63) is 35.4 Å². The lowest BCUT2D eigenvalue weighted by molar-refractivity contribution is 0.0638. The van der Waals surface area contributed by atoms with E-state index in [9.17, 15) is 13.6 Å². The van der Waals surface area contributed by atoms with Gasteiger partial charge in [-0.1, -0.05) is 0 Å². The SMILES string of the molecule is O=C(c1ccc(F)c(F)c1)N1CCCCC1CCl. The smallest absolute Gasteiger partial charge is 0.254 e. The van der Waals surface area contributed by atoms with Gasteiger partial charge in [0, 0.05) is 24.0 Å². The molecule has 1 unspecified atom stereocenters. The van der Waals surface area contributed by atoms with Gasteiger partial charge in [0.05, 0.1) is 0 Å². The highest BCUT2D eigenvalue weighted by atomic mass is 35.5. The van der Waals surface area contributed by atoms with Crippen LogP contribution in [0.5, 0.6) is 0 Å². The Labute approximate surface area is 110 Å². The predicted molar refractivity (Wildman–Crippen MR) is 65.8 cm³/mol. The Bertz CT molecular complexity index is 453. The summed E-state index contributed by atoms with van der Waals surface area (Å²) in [5.74, 6) is -1.85. The summed E-state index contributed by atoms with van der Waals surface area (Å²) in [6.45, 7) is 0.620. The zero-order chi connectivity index (χ0) is 13.1. The van der Waals surface area contributed by atoms with Crippen LogP contribution in [-0.4, -0.2) is 29.3 Å². The maximum Gasteiger partial charge on any atom is 0.254 e. The Morgan fingerprint density at radius 2 is 2.11 bits per heavy atom. The normalized spacial score (nSPS) is 19.9. The van der Waals surface area contributed by atoms with E-state index in [2.05, 4.69) is 0 Å². The number of hydrogen-bond acceptors (Lipinski definition) is 1. The van der Waals surface area contributed by atoms with Gasteiger partial charge in [-0.05, 0) is 37.5 Å². The molecular weight excluding hydrogens is 260 g/mol. The molecule has 0 aliphatic carbocycles. The minimum atomic E-state index is -1.000. The van der Waals surface area contributed by atoms with Gasteiger partial charge in [-0.2, -0.15) is 0 Å². The third kappa shape index (κ3) is 2.64. The molecule has 0 spiro atoms. The van der Waals surface area contributed by atoms with Crippen molar-refractivity contribution in [2.24, 2.45) is 0 Å². The van der Waals surface area contributed by atoms with Crippen molar-refractivity contribution in [1.29, 1.82) is 0 Å². The number of amides is 1. The number of likely N-dealkylation sites (tertiary alicyclic amines) is 1. The van der Waals surface area contributed by atoms with Gasteiger partial charge < -0.3 is 4.90 Å². The highest BCUT2D eigenvalue weighted by molar-refractivity contribution is 6.18. The summed E-state index contributed by atoms with van der Waals surface area (Å²) in [4.78, 5) is 13.9. The zero-order valence-corrected chi connectivity index (χ0v) is 10.6. The van der Waals surface area contributed by atoms with E-state index < -0.39 is 11.6 Å². The minimum Gasteiger partial charge on any atom is -0.334 e. The Morgan fingerprint density at radius 1 is 1.33 bits per heavy atom. The molecule has 1 aromatic carbocycles. The molecule has 1 amide bonds. The van der Waals surface area contributed by atoms with Crippen LogP contribution in [0.2, 0.25) is 0 Å². The summed E-state index contributed by atoms with van der Waals surface area (Å²) in [6, 6.07) is 3.21. The van der Waals surface area contributed by atoms with Gasteiger partial charge in [-0.25, -0.2) is 8.78 Å². The molecule has 2 nitrogen and oxygen atoms in total. The largest absolute Gasteiger partial charge is 0.334 e. The fraction of sp³-hybridized carbons (Fsp3) is 0.462. The molecule has 0 N–H and O–H groups in total. The molecule has 2 rings (SSSR count). The van der Waals surface area contributed by atoms with Crippen LogP contribution in [0.4, 0.5) is 8.78 Å². The summed E-state index contributed by atoms with van der Waals surface area (Å²) in [6.07, 6.45) is 2.82. The van der Waals surface area contributed by atoms with Gasteiger partial charge in [0.1, 0.15) is 0 Å². The molecule has 1 fully saturated rings. The van der Waals surface area contributed by atoms with Crippen molar-refractivity contribution < 1.29 is 13.6 Å². The molecule has 1 saturated heterocycles. The van der Waals surface area contributed by atoms with Crippen LogP contribution in [-0.2, 0) is 0 Å². The number of carbonyl (C=O) groups is 1. The molecule has 1 aliphatic heterocycles. The number of hydrogen-bond donors (Lipinski definition) is 0. The molecular formula is C13H14ClF2NO. The van der Waals surface area contributed by atoms with Crippen LogP contribution in [0, 0.1) is 11.6 Å². The predicted octanol–water partition coefficient (Wildman–Crippen LogP) is 3.20. The van der Waals surface area contributed by atoms with Gasteiger partial charge >= 0.3 is 0 Å². The van der Waals surface area contributed by atoms with Crippen LogP contribution >= 0.6 is 11.6 Å². The Morgan fingerprint density at radius 3 is 2.78 bits per heavy atom. The fourth-order valence-electron chi connectivity index (χ4n) is 2.22. The highest BCUT2D eigenvalue weighted by Crippen LogP contribution is 2.21. The van der Waals surface area contributed by atoms with E-state index in [1.807, 2.05) is 0 Å². The van der Waals surface area contributed by atoms with E-state index in [-0.39, 0.29) is 17.5 Å². The third-order valence-corrected chi connectivity index (χ3v) is 3.59. The lowest BCUT2D eigenvalue weighted by atomic mass is 10.0. The summed E-state index contributed by atoms with van der Waals surface area (Å²) in [7, 11) is 0. The molecule has 1 aliphatic rings. The van der Waals surface area contributed by atoms with Crippen LogP contribution in [0.15, 0.2) is 18.2 Å². The Kier molecular flexibility index (Phi) is 4.17. The zero-order valence-electron chi connectivity index (χ0n) is 9.83. The lowest BCUT2D eigenvalue weighted by Gasteiger charge is -2.34. The maximum atomic E-state index is 13.1. The van der Waals surface area contributed by atoms with E-state index in [1.165, 1.54) is 6.07 Å². The fourth-order valence-corrected chi connectivity index (χ4v) is 2.54. The Balaban J connectivity index is 2.21. The molecule has 1 heterocycles. The molecule has 0 saturated carbocycles.